The number of anilines is 1. The lowest BCUT2D eigenvalue weighted by Gasteiger charge is -2.21. The number of hydrogen-bond donors (Lipinski definition) is 1. The van der Waals surface area contributed by atoms with Crippen molar-refractivity contribution in [3.63, 3.8) is 0 Å². The second kappa shape index (κ2) is 11.7. The second-order valence-electron chi connectivity index (χ2n) is 8.03. The third kappa shape index (κ3) is 6.57. The summed E-state index contributed by atoms with van der Waals surface area (Å²) in [6, 6.07) is 20.0. The number of carbonyl (C=O) groups is 1. The van der Waals surface area contributed by atoms with Gasteiger partial charge in [0, 0.05) is 42.6 Å². The number of carbonyl (C=O) groups excluding carboxylic acids is 1. The molecule has 1 amide bonds. The van der Waals surface area contributed by atoms with E-state index in [1.54, 1.807) is 11.8 Å². The predicted molar refractivity (Wildman–Crippen MR) is 134 cm³/mol. The molecule has 0 saturated heterocycles. The van der Waals surface area contributed by atoms with E-state index < -0.39 is 0 Å². The van der Waals surface area contributed by atoms with Gasteiger partial charge in [0.1, 0.15) is 5.82 Å². The van der Waals surface area contributed by atoms with Crippen LogP contribution in [0.15, 0.2) is 65.8 Å². The highest BCUT2D eigenvalue weighted by molar-refractivity contribution is 7.98. The van der Waals surface area contributed by atoms with Gasteiger partial charge >= 0.3 is 0 Å². The Morgan fingerprint density at radius 1 is 1.00 bits per heavy atom. The number of amides is 1. The maximum Gasteiger partial charge on any atom is 0.251 e. The van der Waals surface area contributed by atoms with Crippen LogP contribution in [0.25, 0.3) is 11.3 Å². The van der Waals surface area contributed by atoms with E-state index in [1.165, 1.54) is 0 Å². The second-order valence-corrected chi connectivity index (χ2v) is 8.97. The van der Waals surface area contributed by atoms with Crippen LogP contribution in [0.3, 0.4) is 0 Å². The minimum atomic E-state index is -0.0308. The first-order valence-corrected chi connectivity index (χ1v) is 12.2. The molecule has 1 aromatic heterocycles. The predicted octanol–water partition coefficient (Wildman–Crippen LogP) is 5.67. The highest BCUT2D eigenvalue weighted by Gasteiger charge is 2.12. The molecule has 0 spiro atoms. The lowest BCUT2D eigenvalue weighted by molar-refractivity contribution is 0.0949. The van der Waals surface area contributed by atoms with E-state index in [0.29, 0.717) is 23.8 Å². The SMILES string of the molecule is CCN(CC)c1cc(-c2ccccc2)nc(SCc2cccc(C(=O)NCC(C)C)c2)n1. The van der Waals surface area contributed by atoms with E-state index in [0.717, 1.165) is 40.9 Å². The highest BCUT2D eigenvalue weighted by Crippen LogP contribution is 2.27. The number of aromatic nitrogens is 2. The summed E-state index contributed by atoms with van der Waals surface area (Å²) in [5.74, 6) is 2.03. The van der Waals surface area contributed by atoms with Crippen molar-refractivity contribution in [1.82, 2.24) is 15.3 Å². The molecule has 0 saturated carbocycles. The van der Waals surface area contributed by atoms with Gasteiger partial charge in [0.15, 0.2) is 5.16 Å². The van der Waals surface area contributed by atoms with Gasteiger partial charge in [-0.15, -0.1) is 0 Å². The Morgan fingerprint density at radius 2 is 1.75 bits per heavy atom. The average molecular weight is 449 g/mol. The summed E-state index contributed by atoms with van der Waals surface area (Å²) in [6.45, 7) is 10.9. The quantitative estimate of drug-likeness (QED) is 0.320. The van der Waals surface area contributed by atoms with Gasteiger partial charge in [-0.25, -0.2) is 9.97 Å². The third-order valence-corrected chi connectivity index (χ3v) is 6.00. The van der Waals surface area contributed by atoms with Crippen LogP contribution in [0.5, 0.6) is 0 Å². The molecular weight excluding hydrogens is 416 g/mol. The Balaban J connectivity index is 1.80. The monoisotopic (exact) mass is 448 g/mol. The molecule has 0 unspecified atom stereocenters. The molecule has 3 rings (SSSR count). The van der Waals surface area contributed by atoms with Gasteiger partial charge in [-0.3, -0.25) is 4.79 Å². The summed E-state index contributed by atoms with van der Waals surface area (Å²) in [5, 5.41) is 3.72. The topological polar surface area (TPSA) is 58.1 Å². The Hall–Kier alpha value is -2.86. The van der Waals surface area contributed by atoms with Crippen LogP contribution in [-0.2, 0) is 5.75 Å². The Bertz CT molecular complexity index is 1020. The normalized spacial score (nSPS) is 10.9. The summed E-state index contributed by atoms with van der Waals surface area (Å²) in [4.78, 5) is 24.3. The molecule has 3 aromatic rings. The number of hydrogen-bond acceptors (Lipinski definition) is 5. The molecule has 1 N–H and O–H groups in total. The molecular formula is C26H32N4OS. The molecule has 0 aliphatic carbocycles. The number of nitrogens with one attached hydrogen (secondary N) is 1. The molecule has 168 valence electrons. The van der Waals surface area contributed by atoms with E-state index in [9.17, 15) is 4.79 Å². The zero-order valence-electron chi connectivity index (χ0n) is 19.3. The minimum Gasteiger partial charge on any atom is -0.357 e. The van der Waals surface area contributed by atoms with Crippen molar-refractivity contribution < 1.29 is 4.79 Å². The van der Waals surface area contributed by atoms with E-state index in [4.69, 9.17) is 9.97 Å². The standard InChI is InChI=1S/C26H32N4OS/c1-5-30(6-2)24-16-23(21-12-8-7-9-13-21)28-26(29-24)32-18-20-11-10-14-22(15-20)25(31)27-17-19(3)4/h7-16,19H,5-6,17-18H2,1-4H3,(H,27,31). The molecule has 6 heteroatoms. The van der Waals surface area contributed by atoms with Gasteiger partial charge in [-0.2, -0.15) is 0 Å². The first-order chi connectivity index (χ1) is 15.5. The molecule has 2 aromatic carbocycles. The maximum atomic E-state index is 12.4. The third-order valence-electron chi connectivity index (χ3n) is 5.08. The van der Waals surface area contributed by atoms with Gasteiger partial charge in [0.2, 0.25) is 0 Å². The zero-order chi connectivity index (χ0) is 22.9. The van der Waals surface area contributed by atoms with Crippen LogP contribution in [0.1, 0.15) is 43.6 Å². The first-order valence-electron chi connectivity index (χ1n) is 11.2. The summed E-state index contributed by atoms with van der Waals surface area (Å²) in [7, 11) is 0. The van der Waals surface area contributed by atoms with Crippen LogP contribution in [0, 0.1) is 5.92 Å². The summed E-state index contributed by atoms with van der Waals surface area (Å²) >= 11 is 1.59. The maximum absolute atomic E-state index is 12.4. The molecule has 0 radical (unpaired) electrons. The number of thioether (sulfide) groups is 1. The van der Waals surface area contributed by atoms with E-state index in [-0.39, 0.29) is 5.91 Å². The molecule has 32 heavy (non-hydrogen) atoms. The van der Waals surface area contributed by atoms with Crippen LogP contribution in [-0.4, -0.2) is 35.5 Å². The Labute approximate surface area is 195 Å². The lowest BCUT2D eigenvalue weighted by Crippen LogP contribution is -2.27. The van der Waals surface area contributed by atoms with Crippen LogP contribution in [0.2, 0.25) is 0 Å². The van der Waals surface area contributed by atoms with Gasteiger partial charge in [0.25, 0.3) is 5.91 Å². The van der Waals surface area contributed by atoms with Gasteiger partial charge < -0.3 is 10.2 Å². The fourth-order valence-electron chi connectivity index (χ4n) is 3.29. The van der Waals surface area contributed by atoms with Crippen molar-refractivity contribution in [2.45, 2.75) is 38.6 Å². The van der Waals surface area contributed by atoms with Gasteiger partial charge in [-0.1, -0.05) is 68.1 Å². The van der Waals surface area contributed by atoms with Gasteiger partial charge in [0.05, 0.1) is 5.69 Å². The van der Waals surface area contributed by atoms with Crippen LogP contribution >= 0.6 is 11.8 Å². The van der Waals surface area contributed by atoms with E-state index in [2.05, 4.69) is 56.1 Å². The lowest BCUT2D eigenvalue weighted by atomic mass is 10.1. The molecule has 0 bridgehead atoms. The molecule has 0 aliphatic heterocycles. The largest absolute Gasteiger partial charge is 0.357 e. The fourth-order valence-corrected chi connectivity index (χ4v) is 4.09. The minimum absolute atomic E-state index is 0.0308. The molecule has 1 heterocycles. The smallest absolute Gasteiger partial charge is 0.251 e. The van der Waals surface area contributed by atoms with Crippen molar-refractivity contribution in [3.8, 4) is 11.3 Å². The van der Waals surface area contributed by atoms with Crippen LogP contribution < -0.4 is 10.2 Å². The van der Waals surface area contributed by atoms with Crippen molar-refractivity contribution >= 4 is 23.5 Å². The number of nitrogens with zero attached hydrogens (tertiary/aromatic N) is 3. The zero-order valence-corrected chi connectivity index (χ0v) is 20.2. The highest BCUT2D eigenvalue weighted by atomic mass is 32.2. The van der Waals surface area contributed by atoms with E-state index >= 15 is 0 Å². The number of benzene rings is 2. The van der Waals surface area contributed by atoms with E-state index in [1.807, 2.05) is 42.5 Å². The average Bonchev–Trinajstić information content (AvgIpc) is 2.82. The molecule has 0 fully saturated rings. The summed E-state index contributed by atoms with van der Waals surface area (Å²) < 4.78 is 0. The summed E-state index contributed by atoms with van der Waals surface area (Å²) in [6.07, 6.45) is 0. The van der Waals surface area contributed by atoms with Crippen molar-refractivity contribution in [2.24, 2.45) is 5.92 Å². The van der Waals surface area contributed by atoms with Crippen molar-refractivity contribution in [2.75, 3.05) is 24.5 Å². The first kappa shape index (κ1) is 23.8. The van der Waals surface area contributed by atoms with Crippen LogP contribution in [0.4, 0.5) is 5.82 Å². The molecule has 0 atom stereocenters. The Morgan fingerprint density at radius 3 is 2.44 bits per heavy atom. The number of rotatable bonds is 10. The Kier molecular flexibility index (Phi) is 8.68. The molecule has 0 aliphatic rings. The van der Waals surface area contributed by atoms with Gasteiger partial charge in [-0.05, 0) is 37.5 Å². The molecule has 5 nitrogen and oxygen atoms in total. The van der Waals surface area contributed by atoms with Crippen molar-refractivity contribution in [1.29, 1.82) is 0 Å². The fraction of sp³-hybridized carbons (Fsp3) is 0.346. The van der Waals surface area contributed by atoms with Crippen molar-refractivity contribution in [3.05, 3.63) is 71.8 Å². The summed E-state index contributed by atoms with van der Waals surface area (Å²) in [5.41, 5.74) is 3.76.